The zero-order valence-corrected chi connectivity index (χ0v) is 18.3. The van der Waals surface area contributed by atoms with Crippen molar-refractivity contribution < 1.29 is 9.53 Å². The van der Waals surface area contributed by atoms with Gasteiger partial charge in [0.15, 0.2) is 6.10 Å². The van der Waals surface area contributed by atoms with Crippen LogP contribution in [0.5, 0.6) is 5.75 Å². The molecule has 1 fully saturated rings. The van der Waals surface area contributed by atoms with Crippen LogP contribution in [0, 0.1) is 12.8 Å². The number of benzene rings is 1. The molecule has 0 N–H and O–H groups in total. The number of ether oxygens (including phenoxy) is 1. The van der Waals surface area contributed by atoms with E-state index in [1.54, 1.807) is 12.4 Å². The third-order valence-electron chi connectivity index (χ3n) is 6.08. The van der Waals surface area contributed by atoms with Crippen LogP contribution in [0.3, 0.4) is 0 Å². The molecule has 0 aliphatic carbocycles. The molecular weight excluding hydrogens is 388 g/mol. The Kier molecular flexibility index (Phi) is 6.65. The van der Waals surface area contributed by atoms with Crippen LogP contribution < -0.4 is 4.74 Å². The third-order valence-corrected chi connectivity index (χ3v) is 6.08. The Morgan fingerprint density at radius 3 is 2.55 bits per heavy atom. The van der Waals surface area contributed by atoms with Crippen LogP contribution in [0.4, 0.5) is 0 Å². The van der Waals surface area contributed by atoms with Crippen molar-refractivity contribution in [1.29, 1.82) is 0 Å². The van der Waals surface area contributed by atoms with Crippen LogP contribution in [-0.4, -0.2) is 44.5 Å². The molecule has 162 valence electrons. The Hall–Kier alpha value is -3.15. The molecule has 3 aromatic rings. The number of rotatable bonds is 7. The number of para-hydroxylation sites is 1. The second kappa shape index (κ2) is 9.77. The van der Waals surface area contributed by atoms with E-state index in [0.717, 1.165) is 56.0 Å². The van der Waals surface area contributed by atoms with Crippen molar-refractivity contribution in [1.82, 2.24) is 19.4 Å². The second-order valence-corrected chi connectivity index (χ2v) is 8.24. The number of likely N-dealkylation sites (tertiary alicyclic amines) is 1. The second-order valence-electron chi connectivity index (χ2n) is 8.24. The molecule has 3 heterocycles. The molecule has 1 amide bonds. The molecule has 1 aliphatic heterocycles. The zero-order valence-electron chi connectivity index (χ0n) is 18.3. The standard InChI is InChI=1S/C25H30N4O2/c1-19-18-27-24(22-8-13-26-14-9-22)29(19)17-12-21-10-15-28(16-11-21)25(30)20(2)31-23-6-4-3-5-7-23/h3-9,13-14,18,20-21H,10-12,15-17H2,1-2H3. The van der Waals surface area contributed by atoms with Crippen molar-refractivity contribution in [2.24, 2.45) is 5.92 Å². The van der Waals surface area contributed by atoms with E-state index in [1.807, 2.05) is 60.5 Å². The van der Waals surface area contributed by atoms with Gasteiger partial charge in [-0.1, -0.05) is 18.2 Å². The minimum absolute atomic E-state index is 0.0766. The fourth-order valence-electron chi connectivity index (χ4n) is 4.24. The van der Waals surface area contributed by atoms with Crippen LogP contribution in [0.25, 0.3) is 11.4 Å². The van der Waals surface area contributed by atoms with E-state index in [0.29, 0.717) is 5.92 Å². The summed E-state index contributed by atoms with van der Waals surface area (Å²) in [5.74, 6) is 2.42. The van der Waals surface area contributed by atoms with Gasteiger partial charge in [-0.05, 0) is 63.3 Å². The largest absolute Gasteiger partial charge is 0.481 e. The van der Waals surface area contributed by atoms with Crippen molar-refractivity contribution >= 4 is 5.91 Å². The Balaban J connectivity index is 1.28. The van der Waals surface area contributed by atoms with E-state index < -0.39 is 6.10 Å². The fourth-order valence-corrected chi connectivity index (χ4v) is 4.24. The van der Waals surface area contributed by atoms with Gasteiger partial charge in [0, 0.05) is 49.5 Å². The first-order valence-electron chi connectivity index (χ1n) is 11.0. The molecule has 0 spiro atoms. The molecule has 1 atom stereocenters. The molecule has 0 radical (unpaired) electrons. The monoisotopic (exact) mass is 418 g/mol. The fraction of sp³-hybridized carbons (Fsp3) is 0.400. The van der Waals surface area contributed by atoms with E-state index in [-0.39, 0.29) is 5.91 Å². The molecule has 0 saturated carbocycles. The van der Waals surface area contributed by atoms with Gasteiger partial charge >= 0.3 is 0 Å². The average molecular weight is 419 g/mol. The van der Waals surface area contributed by atoms with Crippen molar-refractivity contribution in [2.75, 3.05) is 13.1 Å². The first-order chi connectivity index (χ1) is 15.1. The van der Waals surface area contributed by atoms with Crippen LogP contribution in [0.2, 0.25) is 0 Å². The topological polar surface area (TPSA) is 60.2 Å². The van der Waals surface area contributed by atoms with Gasteiger partial charge in [0.1, 0.15) is 11.6 Å². The summed E-state index contributed by atoms with van der Waals surface area (Å²) in [6, 6.07) is 13.5. The highest BCUT2D eigenvalue weighted by molar-refractivity contribution is 5.81. The Labute approximate surface area is 183 Å². The molecule has 1 aliphatic rings. The first-order valence-corrected chi connectivity index (χ1v) is 11.0. The Bertz CT molecular complexity index is 979. The number of aromatic nitrogens is 3. The number of carbonyl (C=O) groups excluding carboxylic acids is 1. The number of pyridine rings is 1. The average Bonchev–Trinajstić information content (AvgIpc) is 3.19. The molecule has 31 heavy (non-hydrogen) atoms. The lowest BCUT2D eigenvalue weighted by atomic mass is 9.93. The van der Waals surface area contributed by atoms with Crippen LogP contribution in [0.1, 0.15) is 31.9 Å². The quantitative estimate of drug-likeness (QED) is 0.572. The summed E-state index contributed by atoms with van der Waals surface area (Å²) in [7, 11) is 0. The van der Waals surface area contributed by atoms with Gasteiger partial charge in [-0.15, -0.1) is 0 Å². The van der Waals surface area contributed by atoms with Gasteiger partial charge in [0.05, 0.1) is 0 Å². The number of imidazole rings is 1. The molecular formula is C25H30N4O2. The minimum atomic E-state index is -0.463. The van der Waals surface area contributed by atoms with E-state index in [9.17, 15) is 4.79 Å². The number of aryl methyl sites for hydroxylation is 1. The number of hydrogen-bond acceptors (Lipinski definition) is 4. The predicted octanol–water partition coefficient (Wildman–Crippen LogP) is 4.35. The summed E-state index contributed by atoms with van der Waals surface area (Å²) in [6.45, 7) is 6.48. The highest BCUT2D eigenvalue weighted by atomic mass is 16.5. The van der Waals surface area contributed by atoms with Gasteiger partial charge in [-0.2, -0.15) is 0 Å². The van der Waals surface area contributed by atoms with E-state index in [1.165, 1.54) is 5.69 Å². The molecule has 6 heteroatoms. The predicted molar refractivity (Wildman–Crippen MR) is 121 cm³/mol. The molecule has 2 aromatic heterocycles. The lowest BCUT2D eigenvalue weighted by Crippen LogP contribution is -2.44. The summed E-state index contributed by atoms with van der Waals surface area (Å²) in [6.07, 6.45) is 8.23. The maximum Gasteiger partial charge on any atom is 0.263 e. The van der Waals surface area contributed by atoms with Gasteiger partial charge in [-0.3, -0.25) is 9.78 Å². The third kappa shape index (κ3) is 5.13. The zero-order chi connectivity index (χ0) is 21.6. The molecule has 6 nitrogen and oxygen atoms in total. The highest BCUT2D eigenvalue weighted by Crippen LogP contribution is 2.25. The number of carbonyl (C=O) groups is 1. The lowest BCUT2D eigenvalue weighted by molar-refractivity contribution is -0.139. The van der Waals surface area contributed by atoms with Crippen LogP contribution >= 0.6 is 0 Å². The molecule has 1 saturated heterocycles. The lowest BCUT2D eigenvalue weighted by Gasteiger charge is -2.33. The number of nitrogens with zero attached hydrogens (tertiary/aromatic N) is 4. The normalized spacial score (nSPS) is 15.6. The molecule has 0 bridgehead atoms. The summed E-state index contributed by atoms with van der Waals surface area (Å²) in [5.41, 5.74) is 2.27. The maximum absolute atomic E-state index is 12.8. The number of hydrogen-bond donors (Lipinski definition) is 0. The number of amides is 1. The van der Waals surface area contributed by atoms with Gasteiger partial charge < -0.3 is 14.2 Å². The highest BCUT2D eigenvalue weighted by Gasteiger charge is 2.27. The smallest absolute Gasteiger partial charge is 0.263 e. The summed E-state index contributed by atoms with van der Waals surface area (Å²) < 4.78 is 8.11. The molecule has 1 aromatic carbocycles. The van der Waals surface area contributed by atoms with Gasteiger partial charge in [0.2, 0.25) is 0 Å². The van der Waals surface area contributed by atoms with Crippen molar-refractivity contribution in [2.45, 2.75) is 45.8 Å². The first kappa shape index (κ1) is 21.1. The Morgan fingerprint density at radius 1 is 1.13 bits per heavy atom. The van der Waals surface area contributed by atoms with Crippen molar-refractivity contribution in [3.05, 3.63) is 66.7 Å². The van der Waals surface area contributed by atoms with E-state index in [2.05, 4.69) is 21.5 Å². The van der Waals surface area contributed by atoms with Gasteiger partial charge in [-0.25, -0.2) is 4.98 Å². The molecule has 1 unspecified atom stereocenters. The summed E-state index contributed by atoms with van der Waals surface area (Å²) in [5, 5.41) is 0. The van der Waals surface area contributed by atoms with Crippen LogP contribution in [0.15, 0.2) is 61.1 Å². The van der Waals surface area contributed by atoms with Gasteiger partial charge in [0.25, 0.3) is 5.91 Å². The maximum atomic E-state index is 12.8. The van der Waals surface area contributed by atoms with E-state index in [4.69, 9.17) is 4.74 Å². The van der Waals surface area contributed by atoms with Crippen LogP contribution in [-0.2, 0) is 11.3 Å². The SMILES string of the molecule is Cc1cnc(-c2ccncc2)n1CCC1CCN(C(=O)C(C)Oc2ccccc2)CC1. The Morgan fingerprint density at radius 2 is 1.84 bits per heavy atom. The summed E-state index contributed by atoms with van der Waals surface area (Å²) in [4.78, 5) is 23.4. The van der Waals surface area contributed by atoms with Crippen molar-refractivity contribution in [3.63, 3.8) is 0 Å². The van der Waals surface area contributed by atoms with E-state index >= 15 is 0 Å². The minimum Gasteiger partial charge on any atom is -0.481 e. The summed E-state index contributed by atoms with van der Waals surface area (Å²) >= 11 is 0. The van der Waals surface area contributed by atoms with Crippen molar-refractivity contribution in [3.8, 4) is 17.1 Å². The number of piperidine rings is 1. The molecule has 4 rings (SSSR count).